The minimum atomic E-state index is 0.420. The summed E-state index contributed by atoms with van der Waals surface area (Å²) in [5, 5.41) is 19.3. The monoisotopic (exact) mass is 408 g/mol. The van der Waals surface area contributed by atoms with Gasteiger partial charge in [0.15, 0.2) is 0 Å². The number of aryl methyl sites for hydroxylation is 1. The molecule has 2 rings (SSSR count). The molecule has 0 bridgehead atoms. The van der Waals surface area contributed by atoms with Crippen LogP contribution in [0.4, 0.5) is 0 Å². The van der Waals surface area contributed by atoms with E-state index in [1.165, 1.54) is 70.6 Å². The fourth-order valence-electron chi connectivity index (χ4n) is 4.88. The molecule has 0 aromatic heterocycles. The maximum atomic E-state index is 9.64. The highest BCUT2D eigenvalue weighted by atomic mass is 16.5. The van der Waals surface area contributed by atoms with Crippen molar-refractivity contribution in [1.29, 1.82) is 10.5 Å². The number of unbranched alkanes of at least 4 members (excludes halogenated alkanes) is 4. The van der Waals surface area contributed by atoms with Gasteiger partial charge >= 0.3 is 0 Å². The fourth-order valence-corrected chi connectivity index (χ4v) is 4.88. The Morgan fingerprint density at radius 1 is 0.800 bits per heavy atom. The van der Waals surface area contributed by atoms with Crippen LogP contribution in [0.15, 0.2) is 12.1 Å². The third kappa shape index (κ3) is 7.68. The number of hydrogen-bond donors (Lipinski definition) is 0. The Labute approximate surface area is 184 Å². The highest BCUT2D eigenvalue weighted by Crippen LogP contribution is 2.34. The highest BCUT2D eigenvalue weighted by Gasteiger charge is 2.20. The SMILES string of the molecule is CCCCCCCc1ccc(OCCCC2CCC(CCC)CC2)c(C#N)c1C#N. The van der Waals surface area contributed by atoms with E-state index in [0.29, 0.717) is 23.5 Å². The number of hydrogen-bond acceptors (Lipinski definition) is 3. The maximum absolute atomic E-state index is 9.64. The van der Waals surface area contributed by atoms with Gasteiger partial charge in [0.2, 0.25) is 0 Å². The normalized spacial score (nSPS) is 18.5. The molecule has 0 unspecified atom stereocenters. The Morgan fingerprint density at radius 2 is 1.47 bits per heavy atom. The molecule has 0 saturated heterocycles. The standard InChI is InChI=1S/C27H40N2O/c1-3-5-6-7-8-12-24-17-18-27(26(21-29)25(24)20-28)30-19-9-11-23-15-13-22(10-4-2)14-16-23/h17-18,22-23H,3-16,19H2,1-2H3. The first-order chi connectivity index (χ1) is 14.7. The topological polar surface area (TPSA) is 56.8 Å². The number of nitrogens with zero attached hydrogens (tertiary/aromatic N) is 2. The van der Waals surface area contributed by atoms with E-state index >= 15 is 0 Å². The predicted molar refractivity (Wildman–Crippen MR) is 123 cm³/mol. The Morgan fingerprint density at radius 3 is 2.10 bits per heavy atom. The lowest BCUT2D eigenvalue weighted by Gasteiger charge is -2.28. The van der Waals surface area contributed by atoms with Crippen LogP contribution in [0, 0.1) is 34.5 Å². The highest BCUT2D eigenvalue weighted by molar-refractivity contribution is 5.57. The van der Waals surface area contributed by atoms with Crippen LogP contribution in [0.1, 0.15) is 114 Å². The van der Waals surface area contributed by atoms with Gasteiger partial charge in [-0.15, -0.1) is 0 Å². The molecule has 1 aromatic rings. The van der Waals surface area contributed by atoms with Crippen molar-refractivity contribution in [2.24, 2.45) is 11.8 Å². The number of nitriles is 2. The molecule has 1 saturated carbocycles. The summed E-state index contributed by atoms with van der Waals surface area (Å²) >= 11 is 0. The average Bonchev–Trinajstić information content (AvgIpc) is 2.77. The second-order valence-electron chi connectivity index (χ2n) is 9.03. The van der Waals surface area contributed by atoms with E-state index in [1.807, 2.05) is 12.1 Å². The largest absolute Gasteiger partial charge is 0.492 e. The molecule has 0 amide bonds. The van der Waals surface area contributed by atoms with E-state index in [-0.39, 0.29) is 0 Å². The third-order valence-corrected chi connectivity index (χ3v) is 6.70. The summed E-state index contributed by atoms with van der Waals surface area (Å²) in [6, 6.07) is 8.38. The van der Waals surface area contributed by atoms with Crippen molar-refractivity contribution < 1.29 is 4.74 Å². The molecule has 0 spiro atoms. The van der Waals surface area contributed by atoms with Crippen molar-refractivity contribution in [3.63, 3.8) is 0 Å². The molecular formula is C27H40N2O. The zero-order valence-corrected chi connectivity index (χ0v) is 19.2. The summed E-state index contributed by atoms with van der Waals surface area (Å²) < 4.78 is 5.96. The summed E-state index contributed by atoms with van der Waals surface area (Å²) in [6.45, 7) is 5.13. The molecule has 3 heteroatoms. The Bertz CT molecular complexity index is 705. The Balaban J connectivity index is 1.81. The van der Waals surface area contributed by atoms with E-state index in [9.17, 15) is 10.5 Å². The molecule has 0 atom stereocenters. The zero-order chi connectivity index (χ0) is 21.6. The van der Waals surface area contributed by atoms with Crippen LogP contribution in [0.25, 0.3) is 0 Å². The minimum Gasteiger partial charge on any atom is -0.492 e. The van der Waals surface area contributed by atoms with Crippen molar-refractivity contribution in [1.82, 2.24) is 0 Å². The molecule has 164 valence electrons. The molecule has 30 heavy (non-hydrogen) atoms. The van der Waals surface area contributed by atoms with Crippen molar-refractivity contribution in [3.05, 3.63) is 28.8 Å². The lowest BCUT2D eigenvalue weighted by Crippen LogP contribution is -2.15. The van der Waals surface area contributed by atoms with Gasteiger partial charge in [-0.05, 0) is 49.1 Å². The molecular weight excluding hydrogens is 368 g/mol. The first-order valence-electron chi connectivity index (χ1n) is 12.3. The molecule has 1 fully saturated rings. The van der Waals surface area contributed by atoms with Crippen LogP contribution in [0.2, 0.25) is 0 Å². The van der Waals surface area contributed by atoms with E-state index in [1.54, 1.807) is 0 Å². The molecule has 0 N–H and O–H groups in total. The molecule has 0 heterocycles. The smallest absolute Gasteiger partial charge is 0.138 e. The van der Waals surface area contributed by atoms with E-state index in [4.69, 9.17) is 4.74 Å². The van der Waals surface area contributed by atoms with Gasteiger partial charge in [-0.2, -0.15) is 10.5 Å². The van der Waals surface area contributed by atoms with Crippen molar-refractivity contribution in [2.75, 3.05) is 6.61 Å². The number of benzene rings is 1. The van der Waals surface area contributed by atoms with Gasteiger partial charge in [-0.1, -0.05) is 84.1 Å². The molecule has 0 radical (unpaired) electrons. The van der Waals surface area contributed by atoms with Crippen molar-refractivity contribution in [3.8, 4) is 17.9 Å². The van der Waals surface area contributed by atoms with Gasteiger partial charge < -0.3 is 4.74 Å². The quantitative estimate of drug-likeness (QED) is 0.314. The van der Waals surface area contributed by atoms with Crippen LogP contribution in [-0.2, 0) is 6.42 Å². The first kappa shape index (κ1) is 24.3. The summed E-state index contributed by atoms with van der Waals surface area (Å²) in [4.78, 5) is 0. The zero-order valence-electron chi connectivity index (χ0n) is 19.2. The lowest BCUT2D eigenvalue weighted by molar-refractivity contribution is 0.230. The van der Waals surface area contributed by atoms with E-state index in [0.717, 1.165) is 36.7 Å². The minimum absolute atomic E-state index is 0.420. The second-order valence-corrected chi connectivity index (χ2v) is 9.03. The second kappa shape index (κ2) is 14.1. The predicted octanol–water partition coefficient (Wildman–Crippen LogP) is 7.71. The van der Waals surface area contributed by atoms with Crippen molar-refractivity contribution >= 4 is 0 Å². The third-order valence-electron chi connectivity index (χ3n) is 6.70. The molecule has 1 aliphatic rings. The van der Waals surface area contributed by atoms with Crippen molar-refractivity contribution in [2.45, 2.75) is 104 Å². The summed E-state index contributed by atoms with van der Waals surface area (Å²) in [6.07, 6.45) is 17.3. The summed E-state index contributed by atoms with van der Waals surface area (Å²) in [7, 11) is 0. The van der Waals surface area contributed by atoms with Crippen LogP contribution < -0.4 is 4.74 Å². The molecule has 3 nitrogen and oxygen atoms in total. The summed E-state index contributed by atoms with van der Waals surface area (Å²) in [5.41, 5.74) is 1.92. The lowest BCUT2D eigenvalue weighted by atomic mass is 9.78. The fraction of sp³-hybridized carbons (Fsp3) is 0.704. The van der Waals surface area contributed by atoms with Crippen LogP contribution in [0.3, 0.4) is 0 Å². The first-order valence-corrected chi connectivity index (χ1v) is 12.3. The van der Waals surface area contributed by atoms with Gasteiger partial charge in [0.1, 0.15) is 23.5 Å². The van der Waals surface area contributed by atoms with Crippen LogP contribution in [0.5, 0.6) is 5.75 Å². The van der Waals surface area contributed by atoms with Gasteiger partial charge in [0, 0.05) is 0 Å². The van der Waals surface area contributed by atoms with Gasteiger partial charge in [-0.3, -0.25) is 0 Å². The van der Waals surface area contributed by atoms with E-state index < -0.39 is 0 Å². The molecule has 0 aliphatic heterocycles. The molecule has 1 aliphatic carbocycles. The van der Waals surface area contributed by atoms with E-state index in [2.05, 4.69) is 26.0 Å². The Kier molecular flexibility index (Phi) is 11.4. The van der Waals surface area contributed by atoms with Gasteiger partial charge in [-0.25, -0.2) is 0 Å². The van der Waals surface area contributed by atoms with Gasteiger partial charge in [0.25, 0.3) is 0 Å². The van der Waals surface area contributed by atoms with Gasteiger partial charge in [0.05, 0.1) is 12.2 Å². The van der Waals surface area contributed by atoms with Crippen LogP contribution >= 0.6 is 0 Å². The maximum Gasteiger partial charge on any atom is 0.138 e. The van der Waals surface area contributed by atoms with Crippen LogP contribution in [-0.4, -0.2) is 6.61 Å². The number of ether oxygens (including phenoxy) is 1. The molecule has 1 aromatic carbocycles. The summed E-state index contributed by atoms with van der Waals surface area (Å²) in [5.74, 6) is 2.37. The average molecular weight is 409 g/mol. The Hall–Kier alpha value is -2.00. The number of rotatable bonds is 13.